The second kappa shape index (κ2) is 8.40. The number of aromatic nitrogens is 3. The van der Waals surface area contributed by atoms with Gasteiger partial charge in [-0.2, -0.15) is 0 Å². The molecule has 0 aromatic carbocycles. The van der Waals surface area contributed by atoms with E-state index in [-0.39, 0.29) is 11.9 Å². The van der Waals surface area contributed by atoms with Gasteiger partial charge in [0, 0.05) is 31.1 Å². The molecule has 1 aliphatic rings. The van der Waals surface area contributed by atoms with Crippen molar-refractivity contribution < 1.29 is 9.53 Å². The normalized spacial score (nSPS) is 20.2. The molecular formula is C18H22N4O2S. The summed E-state index contributed by atoms with van der Waals surface area (Å²) in [7, 11) is 1.75. The molecule has 0 unspecified atom stereocenters. The molecule has 0 aliphatic heterocycles. The van der Waals surface area contributed by atoms with Gasteiger partial charge in [-0.25, -0.2) is 9.97 Å². The predicted molar refractivity (Wildman–Crippen MR) is 97.6 cm³/mol. The second-order valence-electron chi connectivity index (χ2n) is 6.04. The van der Waals surface area contributed by atoms with Gasteiger partial charge in [0.2, 0.25) is 0 Å². The zero-order chi connectivity index (χ0) is 17.6. The number of methoxy groups -OCH3 is 1. The van der Waals surface area contributed by atoms with Crippen molar-refractivity contribution in [3.8, 4) is 11.3 Å². The van der Waals surface area contributed by atoms with E-state index in [9.17, 15) is 4.79 Å². The van der Waals surface area contributed by atoms with Gasteiger partial charge in [0.1, 0.15) is 5.69 Å². The van der Waals surface area contributed by atoms with Gasteiger partial charge in [-0.1, -0.05) is 11.8 Å². The fourth-order valence-corrected chi connectivity index (χ4v) is 3.38. The Morgan fingerprint density at radius 3 is 2.56 bits per heavy atom. The van der Waals surface area contributed by atoms with Gasteiger partial charge in [-0.15, -0.1) is 0 Å². The fourth-order valence-electron chi connectivity index (χ4n) is 3.01. The van der Waals surface area contributed by atoms with E-state index < -0.39 is 0 Å². The third kappa shape index (κ3) is 4.55. The highest BCUT2D eigenvalue weighted by atomic mass is 32.2. The summed E-state index contributed by atoms with van der Waals surface area (Å²) in [5.41, 5.74) is 2.05. The quantitative estimate of drug-likeness (QED) is 0.654. The highest BCUT2D eigenvalue weighted by molar-refractivity contribution is 7.98. The molecular weight excluding hydrogens is 336 g/mol. The molecule has 1 fully saturated rings. The largest absolute Gasteiger partial charge is 0.381 e. The van der Waals surface area contributed by atoms with Gasteiger partial charge in [-0.05, 0) is 50.1 Å². The summed E-state index contributed by atoms with van der Waals surface area (Å²) in [6.07, 6.45) is 9.46. The van der Waals surface area contributed by atoms with E-state index in [1.165, 1.54) is 11.8 Å². The van der Waals surface area contributed by atoms with Crippen molar-refractivity contribution in [2.75, 3.05) is 13.4 Å². The number of thioether (sulfide) groups is 1. The van der Waals surface area contributed by atoms with Gasteiger partial charge in [0.05, 0.1) is 11.8 Å². The molecule has 0 spiro atoms. The van der Waals surface area contributed by atoms with Crippen molar-refractivity contribution in [3.63, 3.8) is 0 Å². The van der Waals surface area contributed by atoms with E-state index in [0.29, 0.717) is 17.0 Å². The molecule has 25 heavy (non-hydrogen) atoms. The van der Waals surface area contributed by atoms with Crippen molar-refractivity contribution in [2.45, 2.75) is 43.0 Å². The summed E-state index contributed by atoms with van der Waals surface area (Å²) >= 11 is 1.42. The van der Waals surface area contributed by atoms with Crippen LogP contribution < -0.4 is 5.32 Å². The first-order valence-corrected chi connectivity index (χ1v) is 9.59. The lowest BCUT2D eigenvalue weighted by molar-refractivity contribution is 0.0598. The SMILES string of the molecule is COC1CCC(NC(=O)c2cc(-c3ccncc3)nc(SC)n2)CC1. The first-order chi connectivity index (χ1) is 12.2. The second-order valence-corrected chi connectivity index (χ2v) is 6.82. The third-order valence-electron chi connectivity index (χ3n) is 4.44. The molecule has 1 aliphatic carbocycles. The van der Waals surface area contributed by atoms with E-state index >= 15 is 0 Å². The maximum absolute atomic E-state index is 12.7. The van der Waals surface area contributed by atoms with Gasteiger partial charge >= 0.3 is 0 Å². The minimum Gasteiger partial charge on any atom is -0.381 e. The topological polar surface area (TPSA) is 77.0 Å². The molecule has 3 rings (SSSR count). The molecule has 1 saturated carbocycles. The molecule has 0 atom stereocenters. The van der Waals surface area contributed by atoms with Crippen LogP contribution in [0.4, 0.5) is 0 Å². The van der Waals surface area contributed by atoms with Crippen LogP contribution in [0.2, 0.25) is 0 Å². The van der Waals surface area contributed by atoms with E-state index in [1.807, 2.05) is 18.4 Å². The molecule has 0 bridgehead atoms. The molecule has 1 N–H and O–H groups in total. The Labute approximate surface area is 151 Å². The Balaban J connectivity index is 1.76. The third-order valence-corrected chi connectivity index (χ3v) is 4.99. The molecule has 2 aromatic heterocycles. The summed E-state index contributed by atoms with van der Waals surface area (Å²) in [5.74, 6) is -0.145. The molecule has 6 nitrogen and oxygen atoms in total. The summed E-state index contributed by atoms with van der Waals surface area (Å²) in [6.45, 7) is 0. The van der Waals surface area contributed by atoms with Gasteiger partial charge in [-0.3, -0.25) is 9.78 Å². The lowest BCUT2D eigenvalue weighted by Gasteiger charge is -2.28. The molecule has 0 radical (unpaired) electrons. The number of hydrogen-bond acceptors (Lipinski definition) is 6. The molecule has 2 heterocycles. The van der Waals surface area contributed by atoms with E-state index in [0.717, 1.165) is 36.9 Å². The summed E-state index contributed by atoms with van der Waals surface area (Å²) in [6, 6.07) is 5.67. The zero-order valence-electron chi connectivity index (χ0n) is 14.4. The highest BCUT2D eigenvalue weighted by Gasteiger charge is 2.23. The van der Waals surface area contributed by atoms with Crippen LogP contribution in [-0.2, 0) is 4.74 Å². The first-order valence-electron chi connectivity index (χ1n) is 8.36. The Morgan fingerprint density at radius 2 is 1.92 bits per heavy atom. The van der Waals surface area contributed by atoms with Crippen LogP contribution in [0.1, 0.15) is 36.2 Å². The van der Waals surface area contributed by atoms with Crippen LogP contribution >= 0.6 is 11.8 Å². The summed E-state index contributed by atoms with van der Waals surface area (Å²) in [4.78, 5) is 25.6. The average molecular weight is 358 g/mol. The molecule has 132 valence electrons. The number of carbonyl (C=O) groups is 1. The summed E-state index contributed by atoms with van der Waals surface area (Å²) < 4.78 is 5.38. The Hall–Kier alpha value is -1.99. The predicted octanol–water partition coefficient (Wildman–Crippen LogP) is 2.95. The smallest absolute Gasteiger partial charge is 0.270 e. The number of nitrogens with zero attached hydrogens (tertiary/aromatic N) is 3. The maximum atomic E-state index is 12.7. The van der Waals surface area contributed by atoms with Gasteiger partial charge in [0.15, 0.2) is 5.16 Å². The average Bonchev–Trinajstić information content (AvgIpc) is 2.68. The Bertz CT molecular complexity index is 718. The van der Waals surface area contributed by atoms with E-state index in [4.69, 9.17) is 4.74 Å². The van der Waals surface area contributed by atoms with Gasteiger partial charge < -0.3 is 10.1 Å². The standard InChI is InChI=1S/C18H22N4O2S/c1-24-14-5-3-13(4-6-14)20-17(23)16-11-15(21-18(22-16)25-2)12-7-9-19-10-8-12/h7-11,13-14H,3-6H2,1-2H3,(H,20,23). The number of hydrogen-bond donors (Lipinski definition) is 1. The number of ether oxygens (including phenoxy) is 1. The fraction of sp³-hybridized carbons (Fsp3) is 0.444. The lowest BCUT2D eigenvalue weighted by Crippen LogP contribution is -2.39. The molecule has 0 saturated heterocycles. The van der Waals surface area contributed by atoms with Crippen molar-refractivity contribution in [1.29, 1.82) is 0 Å². The number of pyridine rings is 1. The minimum absolute atomic E-state index is 0.145. The number of amides is 1. The molecule has 1 amide bonds. The van der Waals surface area contributed by atoms with E-state index in [2.05, 4.69) is 20.3 Å². The molecule has 7 heteroatoms. The summed E-state index contributed by atoms with van der Waals surface area (Å²) in [5, 5.41) is 3.69. The van der Waals surface area contributed by atoms with Crippen LogP contribution in [0.5, 0.6) is 0 Å². The van der Waals surface area contributed by atoms with Crippen molar-refractivity contribution >= 4 is 17.7 Å². The highest BCUT2D eigenvalue weighted by Crippen LogP contribution is 2.22. The van der Waals surface area contributed by atoms with Crippen LogP contribution in [0.15, 0.2) is 35.7 Å². The van der Waals surface area contributed by atoms with Crippen LogP contribution in [-0.4, -0.2) is 46.4 Å². The maximum Gasteiger partial charge on any atom is 0.270 e. The zero-order valence-corrected chi connectivity index (χ0v) is 15.3. The molecule has 2 aromatic rings. The minimum atomic E-state index is -0.145. The lowest BCUT2D eigenvalue weighted by atomic mass is 9.93. The van der Waals surface area contributed by atoms with Crippen LogP contribution in [0.3, 0.4) is 0 Å². The van der Waals surface area contributed by atoms with E-state index in [1.54, 1.807) is 25.6 Å². The number of nitrogens with one attached hydrogen (secondary N) is 1. The van der Waals surface area contributed by atoms with Crippen LogP contribution in [0.25, 0.3) is 11.3 Å². The van der Waals surface area contributed by atoms with Crippen molar-refractivity contribution in [1.82, 2.24) is 20.3 Å². The Morgan fingerprint density at radius 1 is 1.20 bits per heavy atom. The van der Waals surface area contributed by atoms with Crippen molar-refractivity contribution in [3.05, 3.63) is 36.3 Å². The Kier molecular flexibility index (Phi) is 5.99. The van der Waals surface area contributed by atoms with Gasteiger partial charge in [0.25, 0.3) is 5.91 Å². The number of carbonyl (C=O) groups excluding carboxylic acids is 1. The first kappa shape index (κ1) is 17.8. The van der Waals surface area contributed by atoms with Crippen LogP contribution in [0, 0.1) is 0 Å². The van der Waals surface area contributed by atoms with Crippen molar-refractivity contribution in [2.24, 2.45) is 0 Å². The number of rotatable bonds is 5. The monoisotopic (exact) mass is 358 g/mol.